The van der Waals surface area contributed by atoms with E-state index in [1.54, 1.807) is 7.11 Å². The lowest BCUT2D eigenvalue weighted by atomic mass is 9.96. The average molecular weight is 339 g/mol. The van der Waals surface area contributed by atoms with Gasteiger partial charge in [-0.05, 0) is 43.9 Å². The van der Waals surface area contributed by atoms with Crippen LogP contribution in [0.5, 0.6) is 0 Å². The number of fused-ring (bicyclic) bond motifs is 2. The van der Waals surface area contributed by atoms with Gasteiger partial charge in [-0.2, -0.15) is 0 Å². The maximum Gasteiger partial charge on any atom is 0.315 e. The van der Waals surface area contributed by atoms with Gasteiger partial charge in [-0.25, -0.2) is 4.79 Å². The van der Waals surface area contributed by atoms with Crippen LogP contribution in [0.25, 0.3) is 0 Å². The molecule has 2 fully saturated rings. The second kappa shape index (κ2) is 7.07. The van der Waals surface area contributed by atoms with Crippen LogP contribution in [0.4, 0.5) is 4.79 Å². The molecule has 2 heterocycles. The van der Waals surface area contributed by atoms with Gasteiger partial charge in [0.1, 0.15) is 6.10 Å². The van der Waals surface area contributed by atoms with Crippen LogP contribution in [-0.2, 0) is 9.47 Å². The molecule has 1 aromatic carbocycles. The van der Waals surface area contributed by atoms with Gasteiger partial charge < -0.3 is 20.1 Å². The first-order chi connectivity index (χ1) is 11.1. The zero-order valence-electron chi connectivity index (χ0n) is 13.4. The van der Waals surface area contributed by atoms with E-state index in [1.165, 1.54) is 0 Å². The van der Waals surface area contributed by atoms with Gasteiger partial charge in [0, 0.05) is 12.1 Å². The van der Waals surface area contributed by atoms with E-state index in [4.69, 9.17) is 21.1 Å². The third-order valence-electron chi connectivity index (χ3n) is 4.69. The summed E-state index contributed by atoms with van der Waals surface area (Å²) in [6.07, 6.45) is 3.34. The summed E-state index contributed by atoms with van der Waals surface area (Å²) in [4.78, 5) is 12.2. The summed E-state index contributed by atoms with van der Waals surface area (Å²) in [7, 11) is 1.64. The number of carbonyl (C=O) groups excluding carboxylic acids is 1. The zero-order chi connectivity index (χ0) is 16.4. The first-order valence-electron chi connectivity index (χ1n) is 8.07. The third kappa shape index (κ3) is 3.79. The van der Waals surface area contributed by atoms with Gasteiger partial charge in [0.05, 0.1) is 24.3 Å². The molecule has 3 rings (SSSR count). The number of nitrogens with one attached hydrogen (secondary N) is 2. The molecule has 2 aliphatic heterocycles. The van der Waals surface area contributed by atoms with Crippen LogP contribution in [0.15, 0.2) is 24.3 Å². The number of methoxy groups -OCH3 is 1. The van der Waals surface area contributed by atoms with Crippen LogP contribution in [0, 0.1) is 0 Å². The first kappa shape index (κ1) is 16.6. The minimum atomic E-state index is -0.228. The molecule has 6 heteroatoms. The number of urea groups is 1. The third-order valence-corrected chi connectivity index (χ3v) is 4.94. The van der Waals surface area contributed by atoms with Gasteiger partial charge in [-0.3, -0.25) is 0 Å². The van der Waals surface area contributed by atoms with Gasteiger partial charge in [-0.15, -0.1) is 0 Å². The molecule has 2 aliphatic rings. The average Bonchev–Trinajstić information content (AvgIpc) is 3.12. The number of amides is 2. The molecule has 0 saturated carbocycles. The minimum Gasteiger partial charge on any atom is -0.375 e. The second-order valence-electron chi connectivity index (χ2n) is 6.33. The summed E-state index contributed by atoms with van der Waals surface area (Å²) in [5.74, 6) is 0. The van der Waals surface area contributed by atoms with Crippen molar-refractivity contribution in [2.24, 2.45) is 0 Å². The van der Waals surface area contributed by atoms with E-state index in [0.29, 0.717) is 11.1 Å². The highest BCUT2D eigenvalue weighted by atomic mass is 35.5. The molecule has 2 saturated heterocycles. The van der Waals surface area contributed by atoms with Crippen molar-refractivity contribution in [3.8, 4) is 0 Å². The molecule has 5 nitrogen and oxygen atoms in total. The Kier molecular flexibility index (Phi) is 5.09. The number of rotatable bonds is 5. The van der Waals surface area contributed by atoms with Crippen molar-refractivity contribution >= 4 is 17.6 Å². The van der Waals surface area contributed by atoms with E-state index in [-0.39, 0.29) is 30.3 Å². The van der Waals surface area contributed by atoms with Gasteiger partial charge in [-0.1, -0.05) is 23.7 Å². The summed E-state index contributed by atoms with van der Waals surface area (Å²) in [6.45, 7) is 1.93. The number of carbonyl (C=O) groups is 1. The highest BCUT2D eigenvalue weighted by Crippen LogP contribution is 2.34. The van der Waals surface area contributed by atoms with Crippen molar-refractivity contribution in [3.05, 3.63) is 34.9 Å². The molecule has 5 atom stereocenters. The molecule has 0 radical (unpaired) electrons. The van der Waals surface area contributed by atoms with Crippen LogP contribution in [-0.4, -0.2) is 37.4 Å². The summed E-state index contributed by atoms with van der Waals surface area (Å²) >= 11 is 5.92. The molecule has 0 spiro atoms. The normalized spacial score (nSPS) is 28.4. The number of hydrogen-bond acceptors (Lipinski definition) is 3. The molecular formula is C17H23ClN2O3. The highest BCUT2D eigenvalue weighted by Gasteiger charge is 2.41. The largest absolute Gasteiger partial charge is 0.375 e. The Morgan fingerprint density at radius 2 is 2.09 bits per heavy atom. The fraction of sp³-hybridized carbons (Fsp3) is 0.588. The molecule has 2 amide bonds. The Morgan fingerprint density at radius 3 is 2.65 bits per heavy atom. The highest BCUT2D eigenvalue weighted by molar-refractivity contribution is 6.30. The standard InChI is InChI=1S/C17H23ClN2O3/c1-10(16(22-2)11-3-5-12(18)6-4-11)19-17(21)20-14-9-13-7-8-15(14)23-13/h3-6,10,13-16H,7-9H2,1-2H3,(H2,19,20,21)/t10-,13+,14-,15+,16-/m0/s1. The van der Waals surface area contributed by atoms with E-state index in [1.807, 2.05) is 31.2 Å². The van der Waals surface area contributed by atoms with Gasteiger partial charge in [0.15, 0.2) is 0 Å². The molecular weight excluding hydrogens is 316 g/mol. The molecule has 0 aromatic heterocycles. The van der Waals surface area contributed by atoms with Crippen molar-refractivity contribution in [3.63, 3.8) is 0 Å². The van der Waals surface area contributed by atoms with Crippen LogP contribution < -0.4 is 10.6 Å². The Balaban J connectivity index is 1.55. The number of halogens is 1. The minimum absolute atomic E-state index is 0.123. The SMILES string of the molecule is CO[C@H](c1ccc(Cl)cc1)[C@H](C)NC(=O)N[C@H]1C[C@H]2CC[C@H]1O2. The van der Waals surface area contributed by atoms with Crippen molar-refractivity contribution in [2.45, 2.75) is 56.6 Å². The second-order valence-corrected chi connectivity index (χ2v) is 6.77. The van der Waals surface area contributed by atoms with Gasteiger partial charge >= 0.3 is 6.03 Å². The molecule has 23 heavy (non-hydrogen) atoms. The van der Waals surface area contributed by atoms with Crippen LogP contribution in [0.1, 0.15) is 37.9 Å². The molecule has 2 bridgehead atoms. The van der Waals surface area contributed by atoms with Crippen molar-refractivity contribution in [2.75, 3.05) is 7.11 Å². The topological polar surface area (TPSA) is 59.6 Å². The zero-order valence-corrected chi connectivity index (χ0v) is 14.2. The van der Waals surface area contributed by atoms with E-state index in [9.17, 15) is 4.79 Å². The van der Waals surface area contributed by atoms with E-state index >= 15 is 0 Å². The lowest BCUT2D eigenvalue weighted by Gasteiger charge is -2.26. The molecule has 1 aromatic rings. The van der Waals surface area contributed by atoms with Crippen molar-refractivity contribution in [1.82, 2.24) is 10.6 Å². The van der Waals surface area contributed by atoms with E-state index < -0.39 is 0 Å². The van der Waals surface area contributed by atoms with Crippen LogP contribution in [0.2, 0.25) is 5.02 Å². The van der Waals surface area contributed by atoms with Crippen LogP contribution >= 0.6 is 11.6 Å². The molecule has 0 unspecified atom stereocenters. The Bertz CT molecular complexity index is 551. The summed E-state index contributed by atoms with van der Waals surface area (Å²) in [5, 5.41) is 6.67. The summed E-state index contributed by atoms with van der Waals surface area (Å²) in [5.41, 5.74) is 0.980. The molecule has 126 valence electrons. The van der Waals surface area contributed by atoms with Gasteiger partial charge in [0.25, 0.3) is 0 Å². The van der Waals surface area contributed by atoms with Crippen molar-refractivity contribution < 1.29 is 14.3 Å². The molecule has 2 N–H and O–H groups in total. The fourth-order valence-corrected chi connectivity index (χ4v) is 3.69. The quantitative estimate of drug-likeness (QED) is 0.867. The molecule has 0 aliphatic carbocycles. The smallest absolute Gasteiger partial charge is 0.315 e. The first-order valence-corrected chi connectivity index (χ1v) is 8.45. The monoisotopic (exact) mass is 338 g/mol. The predicted molar refractivity (Wildman–Crippen MR) is 88.6 cm³/mol. The van der Waals surface area contributed by atoms with Gasteiger partial charge in [0.2, 0.25) is 0 Å². The Morgan fingerprint density at radius 1 is 1.35 bits per heavy atom. The van der Waals surface area contributed by atoms with E-state index in [2.05, 4.69) is 10.6 Å². The Labute approximate surface area is 141 Å². The number of hydrogen-bond donors (Lipinski definition) is 2. The Hall–Kier alpha value is -1.30. The maximum absolute atomic E-state index is 12.2. The van der Waals surface area contributed by atoms with E-state index in [0.717, 1.165) is 24.8 Å². The maximum atomic E-state index is 12.2. The van der Waals surface area contributed by atoms with Crippen molar-refractivity contribution in [1.29, 1.82) is 0 Å². The lowest BCUT2D eigenvalue weighted by Crippen LogP contribution is -2.50. The summed E-state index contributed by atoms with van der Waals surface area (Å²) in [6, 6.07) is 7.25. The summed E-state index contributed by atoms with van der Waals surface area (Å²) < 4.78 is 11.3. The number of ether oxygens (including phenoxy) is 2. The number of benzene rings is 1. The fourth-order valence-electron chi connectivity index (χ4n) is 3.56. The predicted octanol–water partition coefficient (Wildman–Crippen LogP) is 3.04. The lowest BCUT2D eigenvalue weighted by molar-refractivity contribution is 0.0753. The van der Waals surface area contributed by atoms with Crippen LogP contribution in [0.3, 0.4) is 0 Å².